The SMILES string of the molecule is COC(=O)C1(CC(=O)O)C(=O)N(Cc2ccc(C(F)(F)F)cc2)C(=O)c2ccccc21. The zero-order valence-corrected chi connectivity index (χ0v) is 16.1. The summed E-state index contributed by atoms with van der Waals surface area (Å²) in [6.45, 7) is -0.456. The Kier molecular flexibility index (Phi) is 5.58. The number of hydrogen-bond donors (Lipinski definition) is 1. The molecule has 0 fully saturated rings. The number of aliphatic carboxylic acids is 1. The van der Waals surface area contributed by atoms with Crippen LogP contribution in [0.1, 0.15) is 33.5 Å². The van der Waals surface area contributed by atoms with Crippen molar-refractivity contribution in [3.05, 3.63) is 70.8 Å². The van der Waals surface area contributed by atoms with Gasteiger partial charge >= 0.3 is 18.1 Å². The summed E-state index contributed by atoms with van der Waals surface area (Å²) >= 11 is 0. The lowest BCUT2D eigenvalue weighted by atomic mass is 9.71. The van der Waals surface area contributed by atoms with Crippen LogP contribution < -0.4 is 0 Å². The van der Waals surface area contributed by atoms with Crippen molar-refractivity contribution in [2.45, 2.75) is 24.6 Å². The van der Waals surface area contributed by atoms with Gasteiger partial charge in [-0.2, -0.15) is 13.2 Å². The van der Waals surface area contributed by atoms with Gasteiger partial charge in [0, 0.05) is 5.56 Å². The van der Waals surface area contributed by atoms with Crippen LogP contribution in [0.25, 0.3) is 0 Å². The molecule has 0 aromatic heterocycles. The third-order valence-electron chi connectivity index (χ3n) is 5.04. The van der Waals surface area contributed by atoms with E-state index in [-0.39, 0.29) is 16.7 Å². The summed E-state index contributed by atoms with van der Waals surface area (Å²) in [5.74, 6) is -4.55. The molecule has 2 aromatic rings. The number of fused-ring (bicyclic) bond motifs is 1. The van der Waals surface area contributed by atoms with Crippen LogP contribution in [0.2, 0.25) is 0 Å². The highest BCUT2D eigenvalue weighted by atomic mass is 19.4. The van der Waals surface area contributed by atoms with Crippen LogP contribution in [-0.4, -0.2) is 40.9 Å². The molecule has 10 heteroatoms. The smallest absolute Gasteiger partial charge is 0.416 e. The molecule has 1 aliphatic rings. The molecule has 31 heavy (non-hydrogen) atoms. The van der Waals surface area contributed by atoms with E-state index in [0.29, 0.717) is 4.90 Å². The molecule has 0 aliphatic carbocycles. The number of imide groups is 1. The number of alkyl halides is 3. The average molecular weight is 435 g/mol. The second-order valence-electron chi connectivity index (χ2n) is 6.90. The normalized spacial score (nSPS) is 18.5. The number of benzene rings is 2. The van der Waals surface area contributed by atoms with Gasteiger partial charge in [0.25, 0.3) is 11.8 Å². The van der Waals surface area contributed by atoms with Crippen molar-refractivity contribution in [1.82, 2.24) is 4.90 Å². The van der Waals surface area contributed by atoms with Gasteiger partial charge in [-0.15, -0.1) is 0 Å². The van der Waals surface area contributed by atoms with Crippen LogP contribution in [0, 0.1) is 0 Å². The predicted octanol–water partition coefficient (Wildman–Crippen LogP) is 2.77. The maximum Gasteiger partial charge on any atom is 0.416 e. The Bertz CT molecular complexity index is 1060. The fourth-order valence-corrected chi connectivity index (χ4v) is 3.59. The molecule has 1 unspecified atom stereocenters. The van der Waals surface area contributed by atoms with E-state index in [1.165, 1.54) is 24.3 Å². The standard InChI is InChI=1S/C21H16F3NO6/c1-31-19(30)20(10-16(26)27)15-5-3-2-4-14(15)17(28)25(18(20)29)11-12-6-8-13(9-7-12)21(22,23)24/h2-9H,10-11H2,1H3,(H,26,27). The van der Waals surface area contributed by atoms with E-state index >= 15 is 0 Å². The topological polar surface area (TPSA) is 101 Å². The Labute approximate surface area is 174 Å². The molecule has 3 rings (SSSR count). The molecule has 0 bridgehead atoms. The first-order valence-electron chi connectivity index (χ1n) is 8.94. The molecule has 7 nitrogen and oxygen atoms in total. The first kappa shape index (κ1) is 22.0. The lowest BCUT2D eigenvalue weighted by Crippen LogP contribution is -2.58. The molecule has 0 spiro atoms. The number of halogens is 3. The summed E-state index contributed by atoms with van der Waals surface area (Å²) in [7, 11) is 0.985. The van der Waals surface area contributed by atoms with Gasteiger partial charge in [-0.05, 0) is 29.3 Å². The van der Waals surface area contributed by atoms with E-state index in [9.17, 15) is 37.5 Å². The van der Waals surface area contributed by atoms with Gasteiger partial charge in [-0.3, -0.25) is 24.1 Å². The lowest BCUT2D eigenvalue weighted by Gasteiger charge is -2.39. The summed E-state index contributed by atoms with van der Waals surface area (Å²) in [6.07, 6.45) is -5.53. The molecule has 0 radical (unpaired) electrons. The number of amides is 2. The molecular formula is C21H16F3NO6. The zero-order chi connectivity index (χ0) is 23.0. The third kappa shape index (κ3) is 3.76. The Morgan fingerprint density at radius 1 is 1.06 bits per heavy atom. The molecule has 0 saturated heterocycles. The fraction of sp³-hybridized carbons (Fsp3) is 0.238. The van der Waals surface area contributed by atoms with Gasteiger partial charge in [0.15, 0.2) is 5.41 Å². The van der Waals surface area contributed by atoms with Crippen LogP contribution >= 0.6 is 0 Å². The molecular weight excluding hydrogens is 419 g/mol. The monoisotopic (exact) mass is 435 g/mol. The van der Waals surface area contributed by atoms with E-state index in [1.807, 2.05) is 0 Å². The first-order chi connectivity index (χ1) is 14.5. The number of nitrogens with zero attached hydrogens (tertiary/aromatic N) is 1. The minimum atomic E-state index is -4.56. The molecule has 1 aliphatic heterocycles. The van der Waals surface area contributed by atoms with Gasteiger partial charge in [-0.1, -0.05) is 30.3 Å². The maximum absolute atomic E-state index is 13.3. The molecule has 1 atom stereocenters. The summed E-state index contributed by atoms with van der Waals surface area (Å²) in [5.41, 5.74) is -3.20. The minimum absolute atomic E-state index is 0.0688. The van der Waals surface area contributed by atoms with Gasteiger partial charge in [0.2, 0.25) is 0 Å². The zero-order valence-electron chi connectivity index (χ0n) is 16.1. The number of ether oxygens (including phenoxy) is 1. The molecule has 0 saturated carbocycles. The summed E-state index contributed by atoms with van der Waals surface area (Å²) in [4.78, 5) is 51.2. The van der Waals surface area contributed by atoms with E-state index in [0.717, 1.165) is 31.4 Å². The largest absolute Gasteiger partial charge is 0.481 e. The van der Waals surface area contributed by atoms with Crippen molar-refractivity contribution in [2.75, 3.05) is 7.11 Å². The number of rotatable bonds is 5. The molecule has 162 valence electrons. The predicted molar refractivity (Wildman–Crippen MR) is 98.7 cm³/mol. The van der Waals surface area contributed by atoms with Crippen molar-refractivity contribution in [2.24, 2.45) is 0 Å². The van der Waals surface area contributed by atoms with Crippen LogP contribution in [0.4, 0.5) is 13.2 Å². The maximum atomic E-state index is 13.3. The molecule has 1 heterocycles. The summed E-state index contributed by atoms with van der Waals surface area (Å²) in [5, 5.41) is 9.40. The Balaban J connectivity index is 2.10. The van der Waals surface area contributed by atoms with E-state index in [4.69, 9.17) is 4.74 Å². The first-order valence-corrected chi connectivity index (χ1v) is 8.94. The van der Waals surface area contributed by atoms with Crippen LogP contribution in [0.15, 0.2) is 48.5 Å². The average Bonchev–Trinajstić information content (AvgIpc) is 2.73. The van der Waals surface area contributed by atoms with Crippen LogP contribution in [0.5, 0.6) is 0 Å². The molecule has 2 amide bonds. The van der Waals surface area contributed by atoms with Crippen molar-refractivity contribution in [3.8, 4) is 0 Å². The Morgan fingerprint density at radius 2 is 1.68 bits per heavy atom. The highest BCUT2D eigenvalue weighted by Gasteiger charge is 2.58. The number of carbonyl (C=O) groups excluding carboxylic acids is 3. The van der Waals surface area contributed by atoms with Crippen LogP contribution in [0.3, 0.4) is 0 Å². The number of esters is 1. The Hall–Kier alpha value is -3.69. The van der Waals surface area contributed by atoms with E-state index < -0.39 is 53.9 Å². The summed E-state index contributed by atoms with van der Waals surface area (Å²) < 4.78 is 43.1. The fourth-order valence-electron chi connectivity index (χ4n) is 3.59. The van der Waals surface area contributed by atoms with Gasteiger partial charge < -0.3 is 9.84 Å². The molecule has 1 N–H and O–H groups in total. The van der Waals surface area contributed by atoms with Gasteiger partial charge in [0.05, 0.1) is 25.6 Å². The van der Waals surface area contributed by atoms with Crippen LogP contribution in [-0.2, 0) is 37.3 Å². The van der Waals surface area contributed by atoms with Gasteiger partial charge in [0.1, 0.15) is 0 Å². The minimum Gasteiger partial charge on any atom is -0.481 e. The number of carboxylic acids is 1. The van der Waals surface area contributed by atoms with E-state index in [1.54, 1.807) is 0 Å². The second-order valence-corrected chi connectivity index (χ2v) is 6.90. The third-order valence-corrected chi connectivity index (χ3v) is 5.04. The Morgan fingerprint density at radius 3 is 2.23 bits per heavy atom. The van der Waals surface area contributed by atoms with Crippen molar-refractivity contribution in [3.63, 3.8) is 0 Å². The highest BCUT2D eigenvalue weighted by molar-refractivity contribution is 6.22. The molecule has 2 aromatic carbocycles. The quantitative estimate of drug-likeness (QED) is 0.440. The van der Waals surface area contributed by atoms with Gasteiger partial charge in [-0.25, -0.2) is 0 Å². The number of carboxylic acid groups (broad SMARTS) is 1. The summed E-state index contributed by atoms with van der Waals surface area (Å²) in [6, 6.07) is 9.36. The van der Waals surface area contributed by atoms with Crippen molar-refractivity contribution in [1.29, 1.82) is 0 Å². The number of methoxy groups -OCH3 is 1. The number of carbonyl (C=O) groups is 4. The van der Waals surface area contributed by atoms with E-state index in [2.05, 4.69) is 0 Å². The highest BCUT2D eigenvalue weighted by Crippen LogP contribution is 2.40. The second kappa shape index (κ2) is 7.86. The lowest BCUT2D eigenvalue weighted by molar-refractivity contribution is -0.161. The number of hydrogen-bond acceptors (Lipinski definition) is 5. The van der Waals surface area contributed by atoms with Crippen molar-refractivity contribution < 1.29 is 42.2 Å². The van der Waals surface area contributed by atoms with Crippen molar-refractivity contribution >= 4 is 23.8 Å².